The first-order valence-corrected chi connectivity index (χ1v) is 7.85. The van der Waals surface area contributed by atoms with Crippen LogP contribution in [0.1, 0.15) is 27.2 Å². The first kappa shape index (κ1) is 20.1. The number of rotatable bonds is 2. The molecule has 94 valence electrons. The minimum absolute atomic E-state index is 0. The maximum absolute atomic E-state index is 3.41. The molecule has 17 heavy (non-hydrogen) atoms. The van der Waals surface area contributed by atoms with E-state index in [1.165, 1.54) is 25.9 Å². The van der Waals surface area contributed by atoms with Gasteiger partial charge in [-0.3, -0.25) is 10.5 Å². The molecule has 0 aromatic heterocycles. The van der Waals surface area contributed by atoms with Gasteiger partial charge in [-0.2, -0.15) is 5.57 Å². The van der Waals surface area contributed by atoms with Crippen LogP contribution in [0.15, 0.2) is 34.8 Å². The molecule has 2 aliphatic rings. The van der Waals surface area contributed by atoms with E-state index in [2.05, 4.69) is 50.4 Å². The third-order valence-corrected chi connectivity index (χ3v) is 3.96. The number of hydrogen-bond donors (Lipinski definition) is 0. The Kier molecular flexibility index (Phi) is 12.6. The van der Waals surface area contributed by atoms with Crippen LogP contribution >= 0.6 is 10.5 Å². The fraction of sp³-hybridized carbons (Fsp3) is 0.385. The molecule has 2 rings (SSSR count). The zero-order valence-electron chi connectivity index (χ0n) is 10.4. The number of halogens is 2. The summed E-state index contributed by atoms with van der Waals surface area (Å²) in [5, 5.41) is 3.41. The molecule has 1 aliphatic heterocycles. The van der Waals surface area contributed by atoms with Crippen molar-refractivity contribution in [3.05, 3.63) is 34.8 Å². The van der Waals surface area contributed by atoms with Gasteiger partial charge in [0.2, 0.25) is 0 Å². The number of hydrogen-bond acceptors (Lipinski definition) is 0. The zero-order chi connectivity index (χ0) is 11.3. The molecule has 4 heteroatoms. The second kappa shape index (κ2) is 10.7. The molecule has 0 nitrogen and oxygen atoms in total. The monoisotopic (exact) mass is 365 g/mol. The summed E-state index contributed by atoms with van der Waals surface area (Å²) in [5.74, 6) is 1.27. The Morgan fingerprint density at radius 1 is 1.35 bits per heavy atom. The molecule has 0 fully saturated rings. The van der Waals surface area contributed by atoms with Gasteiger partial charge in [-0.25, -0.2) is 11.4 Å². The van der Waals surface area contributed by atoms with Crippen LogP contribution in [0.3, 0.4) is 0 Å². The average molecular weight is 367 g/mol. The Morgan fingerprint density at radius 3 is 2.47 bits per heavy atom. The molecule has 0 amide bonds. The van der Waals surface area contributed by atoms with Crippen LogP contribution in [0.5, 0.6) is 0 Å². The molecule has 0 saturated carbocycles. The standard InChI is InChI=1S/C10H11S.C3H6.2ClH.Zr/c1-2-7-11-8-6-9-4-3-5-10(9)11;1-3-2;;;/h3-6H,2,7H2,1H3;1-2H3;2*1H;/q-1;;;;+2/p-2. The summed E-state index contributed by atoms with van der Waals surface area (Å²) in [4.78, 5) is 1.51. The smallest absolute Gasteiger partial charge is 1.00 e. The molecule has 1 atom stereocenters. The molecule has 1 unspecified atom stereocenters. The van der Waals surface area contributed by atoms with E-state index in [1.54, 1.807) is 24.2 Å². The first-order valence-electron chi connectivity index (χ1n) is 5.23. The summed E-state index contributed by atoms with van der Waals surface area (Å²) in [5.41, 5.74) is 1.39. The predicted octanol–water partition coefficient (Wildman–Crippen LogP) is -2.51. The van der Waals surface area contributed by atoms with E-state index in [0.717, 1.165) is 0 Å². The van der Waals surface area contributed by atoms with Crippen molar-refractivity contribution in [3.63, 3.8) is 0 Å². The van der Waals surface area contributed by atoms with Gasteiger partial charge in [0.05, 0.1) is 0 Å². The molecule has 0 saturated heterocycles. The Morgan fingerprint density at radius 2 is 1.94 bits per heavy atom. The summed E-state index contributed by atoms with van der Waals surface area (Å²) >= 11 is 1.55. The second-order valence-electron chi connectivity index (χ2n) is 3.70. The van der Waals surface area contributed by atoms with Crippen molar-refractivity contribution in [1.82, 2.24) is 0 Å². The summed E-state index contributed by atoms with van der Waals surface area (Å²) < 4.78 is 1.51. The number of allylic oxidation sites excluding steroid dienone is 5. The van der Waals surface area contributed by atoms with Crippen LogP contribution in [0.2, 0.25) is 0 Å². The Bertz CT molecular complexity index is 375. The predicted molar refractivity (Wildman–Crippen MR) is 69.4 cm³/mol. The first-order chi connectivity index (χ1) is 7.15. The van der Waals surface area contributed by atoms with Crippen molar-refractivity contribution in [1.29, 1.82) is 0 Å². The summed E-state index contributed by atoms with van der Waals surface area (Å²) in [6, 6.07) is 0. The molecule has 1 aliphatic carbocycles. The molecular weight excluding hydrogens is 350 g/mol. The van der Waals surface area contributed by atoms with Crippen molar-refractivity contribution in [3.8, 4) is 0 Å². The van der Waals surface area contributed by atoms with Crippen LogP contribution in [0, 0.1) is 0 Å². The van der Waals surface area contributed by atoms with E-state index in [1.807, 2.05) is 0 Å². The van der Waals surface area contributed by atoms with E-state index < -0.39 is 0 Å². The van der Waals surface area contributed by atoms with Crippen LogP contribution in [0.25, 0.3) is 0 Å². The van der Waals surface area contributed by atoms with Gasteiger partial charge in [0.1, 0.15) is 0 Å². The third-order valence-electron chi connectivity index (χ3n) is 1.84. The van der Waals surface area contributed by atoms with E-state index in [-0.39, 0.29) is 24.8 Å². The molecule has 0 aromatic rings. The fourth-order valence-corrected chi connectivity index (χ4v) is 3.13. The summed E-state index contributed by atoms with van der Waals surface area (Å²) in [7, 11) is 0.323. The van der Waals surface area contributed by atoms with Gasteiger partial charge in [0.25, 0.3) is 0 Å². The number of fused-ring (bicyclic) bond motifs is 1. The minimum Gasteiger partial charge on any atom is -1.00 e. The maximum Gasteiger partial charge on any atom is -1.00 e. The second-order valence-corrected chi connectivity index (χ2v) is 8.03. The molecule has 0 radical (unpaired) electrons. The van der Waals surface area contributed by atoms with Crippen LogP contribution in [0.4, 0.5) is 0 Å². The molecule has 1 heterocycles. The Balaban J connectivity index is 0. The molecule has 0 bridgehead atoms. The van der Waals surface area contributed by atoms with Gasteiger partial charge in [-0.15, -0.1) is 6.08 Å². The van der Waals surface area contributed by atoms with Crippen molar-refractivity contribution in [2.24, 2.45) is 0 Å². The molecular formula is C13H17Cl2SZr-. The van der Waals surface area contributed by atoms with Gasteiger partial charge >= 0.3 is 41.3 Å². The van der Waals surface area contributed by atoms with Gasteiger partial charge in [0, 0.05) is 0 Å². The molecule has 0 N–H and O–H groups in total. The van der Waals surface area contributed by atoms with Crippen molar-refractivity contribution < 1.29 is 49.0 Å². The van der Waals surface area contributed by atoms with Crippen molar-refractivity contribution in [2.75, 3.05) is 5.75 Å². The topological polar surface area (TPSA) is 0 Å². The quantitative estimate of drug-likeness (QED) is 0.374. The fourth-order valence-electron chi connectivity index (χ4n) is 1.33. The Hall–Kier alpha value is 0.773. The van der Waals surface area contributed by atoms with Gasteiger partial charge < -0.3 is 24.8 Å². The van der Waals surface area contributed by atoms with Gasteiger partial charge in [0.15, 0.2) is 0 Å². The Labute approximate surface area is 135 Å². The largest absolute Gasteiger partial charge is 1.00 e. The minimum atomic E-state index is 0. The SMILES string of the molecule is CCCS1=[C-]C=C2C=CC=C21.C[C](C)=[Zr+2].[Cl-].[Cl-]. The summed E-state index contributed by atoms with van der Waals surface area (Å²) in [6.07, 6.45) is 9.93. The summed E-state index contributed by atoms with van der Waals surface area (Å²) in [6.45, 7) is 6.48. The normalized spacial score (nSPS) is 18.5. The molecule has 0 spiro atoms. The van der Waals surface area contributed by atoms with E-state index in [0.29, 0.717) is 10.5 Å². The van der Waals surface area contributed by atoms with Gasteiger partial charge in [-0.05, 0) is 12.2 Å². The van der Waals surface area contributed by atoms with E-state index >= 15 is 0 Å². The van der Waals surface area contributed by atoms with Gasteiger partial charge in [-0.1, -0.05) is 24.0 Å². The zero-order valence-corrected chi connectivity index (χ0v) is 15.2. The van der Waals surface area contributed by atoms with E-state index in [9.17, 15) is 0 Å². The van der Waals surface area contributed by atoms with E-state index in [4.69, 9.17) is 0 Å². The average Bonchev–Trinajstić information content (AvgIpc) is 2.68. The van der Waals surface area contributed by atoms with Crippen molar-refractivity contribution >= 4 is 19.1 Å². The third kappa shape index (κ3) is 7.06. The maximum atomic E-state index is 3.41. The van der Waals surface area contributed by atoms with Crippen LogP contribution in [-0.2, 0) is 24.2 Å². The van der Waals surface area contributed by atoms with Crippen LogP contribution in [-0.4, -0.2) is 14.3 Å². The molecule has 0 aromatic carbocycles. The van der Waals surface area contributed by atoms with Crippen molar-refractivity contribution in [2.45, 2.75) is 27.2 Å². The van der Waals surface area contributed by atoms with Crippen LogP contribution < -0.4 is 24.8 Å².